The molecule has 0 saturated heterocycles. The van der Waals surface area contributed by atoms with Gasteiger partial charge in [0.25, 0.3) is 0 Å². The van der Waals surface area contributed by atoms with Crippen molar-refractivity contribution in [2.75, 3.05) is 4.90 Å². The largest absolute Gasteiger partial charge is 0.310 e. The number of para-hydroxylation sites is 3. The molecule has 0 radical (unpaired) electrons. The average molecular weight is 684 g/mol. The summed E-state index contributed by atoms with van der Waals surface area (Å²) in [4.78, 5) is 2.42. The van der Waals surface area contributed by atoms with Crippen molar-refractivity contribution in [1.29, 1.82) is 0 Å². The lowest BCUT2D eigenvalue weighted by Crippen LogP contribution is -2.11. The molecule has 0 N–H and O–H groups in total. The Kier molecular flexibility index (Phi) is 5.93. The number of aromatic nitrogens is 2. The van der Waals surface area contributed by atoms with Gasteiger partial charge in [0.05, 0.1) is 38.8 Å². The van der Waals surface area contributed by atoms with E-state index in [1.807, 2.05) is 0 Å². The molecule has 11 rings (SSSR count). The smallest absolute Gasteiger partial charge is 0.0641 e. The molecule has 0 aliphatic carbocycles. The Morgan fingerprint density at radius 1 is 0.377 bits per heavy atom. The number of hydrogen-bond acceptors (Lipinski definition) is 1. The van der Waals surface area contributed by atoms with Crippen LogP contribution >= 0.6 is 0 Å². The van der Waals surface area contributed by atoms with Crippen molar-refractivity contribution in [3.63, 3.8) is 0 Å². The molecular weight excluding hydrogens is 643 g/mol. The van der Waals surface area contributed by atoms with E-state index in [0.29, 0.717) is 0 Å². The van der Waals surface area contributed by atoms with Crippen molar-refractivity contribution in [3.05, 3.63) is 151 Å². The summed E-state index contributed by atoms with van der Waals surface area (Å²) in [7, 11) is 0. The molecule has 4 aromatic heterocycles. The van der Waals surface area contributed by atoms with E-state index in [9.17, 15) is 0 Å². The molecule has 3 heteroatoms. The second-order valence-electron chi connectivity index (χ2n) is 17.1. The van der Waals surface area contributed by atoms with Crippen molar-refractivity contribution in [3.8, 4) is 0 Å². The van der Waals surface area contributed by atoms with Gasteiger partial charge in [-0.3, -0.25) is 0 Å². The van der Waals surface area contributed by atoms with E-state index in [-0.39, 0.29) is 10.8 Å². The molecule has 53 heavy (non-hydrogen) atoms. The van der Waals surface area contributed by atoms with Gasteiger partial charge >= 0.3 is 0 Å². The standard InChI is InChI=1S/C50H41N3/c1-49(2,3)30-21-23-40-36(27-30)37-28-31(50(4,5)6)29-38-45-42(52(40)47(37)38)26-25-41-44(45)35-22-24-43(46-34-19-13-14-20-39(34)53(41)48(35)46)51(32-15-9-7-10-16-32)33-17-11-8-12-18-33/h7-29H,1-6H3. The summed E-state index contributed by atoms with van der Waals surface area (Å²) in [5.41, 5.74) is 13.9. The maximum Gasteiger partial charge on any atom is 0.0641 e. The second-order valence-corrected chi connectivity index (χ2v) is 17.1. The van der Waals surface area contributed by atoms with Gasteiger partial charge in [0.2, 0.25) is 0 Å². The van der Waals surface area contributed by atoms with Gasteiger partial charge in [-0.1, -0.05) is 108 Å². The Morgan fingerprint density at radius 2 is 0.906 bits per heavy atom. The topological polar surface area (TPSA) is 12.1 Å². The summed E-state index contributed by atoms with van der Waals surface area (Å²) in [6, 6.07) is 52.2. The molecule has 4 heterocycles. The zero-order valence-electron chi connectivity index (χ0n) is 31.1. The van der Waals surface area contributed by atoms with Gasteiger partial charge in [-0.15, -0.1) is 0 Å². The third kappa shape index (κ3) is 4.05. The number of rotatable bonds is 3. The summed E-state index contributed by atoms with van der Waals surface area (Å²) in [5.74, 6) is 0. The van der Waals surface area contributed by atoms with Crippen molar-refractivity contribution < 1.29 is 0 Å². The van der Waals surface area contributed by atoms with Crippen LogP contribution in [0.3, 0.4) is 0 Å². The van der Waals surface area contributed by atoms with E-state index < -0.39 is 0 Å². The highest BCUT2D eigenvalue weighted by Gasteiger charge is 2.28. The third-order valence-corrected chi connectivity index (χ3v) is 11.8. The minimum atomic E-state index is -0.00379. The summed E-state index contributed by atoms with van der Waals surface area (Å²) in [6.45, 7) is 14.0. The zero-order valence-corrected chi connectivity index (χ0v) is 31.1. The monoisotopic (exact) mass is 683 g/mol. The summed E-state index contributed by atoms with van der Waals surface area (Å²) < 4.78 is 5.10. The van der Waals surface area contributed by atoms with Crippen molar-refractivity contribution in [2.24, 2.45) is 0 Å². The highest BCUT2D eigenvalue weighted by molar-refractivity contribution is 6.36. The predicted octanol–water partition coefficient (Wildman–Crippen LogP) is 14.1. The molecule has 0 atom stereocenters. The van der Waals surface area contributed by atoms with E-state index in [0.717, 1.165) is 11.4 Å². The van der Waals surface area contributed by atoms with E-state index in [4.69, 9.17) is 0 Å². The lowest BCUT2D eigenvalue weighted by atomic mass is 9.84. The quantitative estimate of drug-likeness (QED) is 0.180. The molecule has 0 unspecified atom stereocenters. The van der Waals surface area contributed by atoms with Gasteiger partial charge in [-0.05, 0) is 94.8 Å². The van der Waals surface area contributed by atoms with Gasteiger partial charge in [0.1, 0.15) is 0 Å². The maximum absolute atomic E-state index is 2.55. The second kappa shape index (κ2) is 10.3. The van der Waals surface area contributed by atoms with Crippen LogP contribution in [-0.4, -0.2) is 8.80 Å². The lowest BCUT2D eigenvalue weighted by Gasteiger charge is -2.26. The molecule has 256 valence electrons. The first-order valence-corrected chi connectivity index (χ1v) is 18.9. The lowest BCUT2D eigenvalue weighted by molar-refractivity contribution is 0.590. The Balaban J connectivity index is 1.32. The third-order valence-electron chi connectivity index (χ3n) is 11.8. The number of anilines is 3. The fourth-order valence-corrected chi connectivity index (χ4v) is 9.29. The van der Waals surface area contributed by atoms with Crippen LogP contribution in [0.1, 0.15) is 52.7 Å². The highest BCUT2D eigenvalue weighted by Crippen LogP contribution is 2.51. The number of fused-ring (bicyclic) bond motifs is 13. The zero-order chi connectivity index (χ0) is 36.0. The molecule has 0 aliphatic heterocycles. The number of hydrogen-bond donors (Lipinski definition) is 0. The summed E-state index contributed by atoms with van der Waals surface area (Å²) in [6.07, 6.45) is 0. The van der Waals surface area contributed by atoms with Crippen molar-refractivity contribution in [2.45, 2.75) is 52.4 Å². The Bertz CT molecular complexity index is 3180. The Morgan fingerprint density at radius 3 is 1.57 bits per heavy atom. The molecule has 0 bridgehead atoms. The van der Waals surface area contributed by atoms with E-state index in [1.165, 1.54) is 93.0 Å². The van der Waals surface area contributed by atoms with Gasteiger partial charge < -0.3 is 13.7 Å². The van der Waals surface area contributed by atoms with Crippen molar-refractivity contribution >= 4 is 93.3 Å². The molecule has 0 spiro atoms. The van der Waals surface area contributed by atoms with Gasteiger partial charge in [-0.25, -0.2) is 0 Å². The molecule has 7 aromatic carbocycles. The van der Waals surface area contributed by atoms with Gasteiger partial charge in [0.15, 0.2) is 0 Å². The first kappa shape index (κ1) is 30.6. The molecular formula is C50H41N3. The van der Waals surface area contributed by atoms with Crippen LogP contribution in [0.5, 0.6) is 0 Å². The molecule has 0 fully saturated rings. The molecule has 0 amide bonds. The Labute approximate surface area is 309 Å². The van der Waals surface area contributed by atoms with Crippen LogP contribution in [0.25, 0.3) is 76.2 Å². The first-order valence-electron chi connectivity index (χ1n) is 18.9. The number of nitrogens with zero attached hydrogens (tertiary/aromatic N) is 3. The maximum atomic E-state index is 2.55. The molecule has 0 saturated carbocycles. The minimum absolute atomic E-state index is 0.00379. The normalized spacial score (nSPS) is 13.1. The molecule has 0 aliphatic rings. The van der Waals surface area contributed by atoms with Gasteiger partial charge in [0, 0.05) is 54.5 Å². The van der Waals surface area contributed by atoms with Crippen LogP contribution in [0.15, 0.2) is 140 Å². The molecule has 11 aromatic rings. The van der Waals surface area contributed by atoms with E-state index in [2.05, 4.69) is 195 Å². The van der Waals surface area contributed by atoms with Crippen LogP contribution in [0.2, 0.25) is 0 Å². The SMILES string of the molecule is CC(C)(C)c1ccc2c(c1)c1cc(C(C)(C)C)cc3c4c5c6ccc(N(c7ccccc7)c7ccccc7)c7c8ccccc8n(c5ccc4n2c13)c67. The first-order chi connectivity index (χ1) is 25.6. The Hall–Kier alpha value is -6.06. The minimum Gasteiger partial charge on any atom is -0.310 e. The number of benzene rings is 7. The summed E-state index contributed by atoms with van der Waals surface area (Å²) >= 11 is 0. The van der Waals surface area contributed by atoms with Crippen LogP contribution in [-0.2, 0) is 10.8 Å². The highest BCUT2D eigenvalue weighted by atomic mass is 15.1. The average Bonchev–Trinajstić information content (AvgIpc) is 3.88. The predicted molar refractivity (Wildman–Crippen MR) is 228 cm³/mol. The van der Waals surface area contributed by atoms with E-state index in [1.54, 1.807) is 0 Å². The van der Waals surface area contributed by atoms with Crippen molar-refractivity contribution in [1.82, 2.24) is 8.80 Å². The van der Waals surface area contributed by atoms with Crippen LogP contribution < -0.4 is 4.90 Å². The van der Waals surface area contributed by atoms with E-state index >= 15 is 0 Å². The van der Waals surface area contributed by atoms with Gasteiger partial charge in [-0.2, -0.15) is 0 Å². The fourth-order valence-electron chi connectivity index (χ4n) is 9.29. The summed E-state index contributed by atoms with van der Waals surface area (Å²) in [5, 5.41) is 10.6. The van der Waals surface area contributed by atoms with Crippen LogP contribution in [0, 0.1) is 0 Å². The van der Waals surface area contributed by atoms with Crippen LogP contribution in [0.4, 0.5) is 17.1 Å². The molecule has 3 nitrogen and oxygen atoms in total. The fraction of sp³-hybridized carbons (Fsp3) is 0.160.